The van der Waals surface area contributed by atoms with Crippen molar-refractivity contribution in [3.63, 3.8) is 0 Å². The van der Waals surface area contributed by atoms with Gasteiger partial charge >= 0.3 is 5.69 Å². The molecule has 0 radical (unpaired) electrons. The molecular weight excluding hydrogens is 233 g/mol. The minimum Gasteiger partial charge on any atom is -0.308 e. The first-order valence-electron chi connectivity index (χ1n) is 6.05. The van der Waals surface area contributed by atoms with Gasteiger partial charge in [-0.15, -0.1) is 0 Å². The molecule has 1 aliphatic heterocycles. The molecule has 0 aliphatic carbocycles. The Labute approximate surface area is 103 Å². The summed E-state index contributed by atoms with van der Waals surface area (Å²) in [5, 5.41) is 0.702. The zero-order valence-corrected chi connectivity index (χ0v) is 10.1. The van der Waals surface area contributed by atoms with E-state index < -0.39 is 0 Å². The number of rotatable bonds is 1. The van der Waals surface area contributed by atoms with Crippen molar-refractivity contribution in [2.75, 3.05) is 13.6 Å². The summed E-state index contributed by atoms with van der Waals surface area (Å²) in [5.74, 6) is -0.307. The fourth-order valence-electron chi connectivity index (χ4n) is 2.68. The Kier molecular flexibility index (Phi) is 2.63. The summed E-state index contributed by atoms with van der Waals surface area (Å²) in [6.45, 7) is 0.992. The number of likely N-dealkylation sites (tertiary alicyclic amines) is 1. The first-order chi connectivity index (χ1) is 8.65. The topological polar surface area (TPSA) is 49.0 Å². The third kappa shape index (κ3) is 1.80. The van der Waals surface area contributed by atoms with Crippen LogP contribution in [0, 0.1) is 5.82 Å². The fraction of sp³-hybridized carbons (Fsp3) is 0.385. The molecule has 0 spiro atoms. The quantitative estimate of drug-likeness (QED) is 0.836. The van der Waals surface area contributed by atoms with E-state index in [0.29, 0.717) is 10.9 Å². The lowest BCUT2D eigenvalue weighted by molar-refractivity contribution is 0.313. The molecule has 1 aliphatic rings. The van der Waals surface area contributed by atoms with Crippen molar-refractivity contribution < 1.29 is 4.39 Å². The van der Waals surface area contributed by atoms with Crippen molar-refractivity contribution in [2.45, 2.75) is 18.9 Å². The summed E-state index contributed by atoms with van der Waals surface area (Å²) >= 11 is 0. The predicted octanol–water partition coefficient (Wildman–Crippen LogP) is 1.83. The third-order valence-electron chi connectivity index (χ3n) is 3.57. The Morgan fingerprint density at radius 1 is 1.50 bits per heavy atom. The van der Waals surface area contributed by atoms with Crippen molar-refractivity contribution in [3.05, 3.63) is 40.2 Å². The van der Waals surface area contributed by atoms with Crippen LogP contribution in [-0.2, 0) is 0 Å². The van der Waals surface area contributed by atoms with Gasteiger partial charge in [-0.25, -0.2) is 9.18 Å². The number of hydrogen-bond donors (Lipinski definition) is 1. The van der Waals surface area contributed by atoms with Gasteiger partial charge < -0.3 is 4.98 Å². The van der Waals surface area contributed by atoms with E-state index in [0.717, 1.165) is 25.1 Å². The highest BCUT2D eigenvalue weighted by atomic mass is 19.1. The molecule has 1 N–H and O–H groups in total. The number of nitrogens with one attached hydrogen (secondary N) is 1. The molecule has 1 aromatic heterocycles. The standard InChI is InChI=1S/C13H14FN3O/c1-17-6-2-3-11(17)12-9-7-8(14)4-5-10(9)15-13(18)16-12/h4-5,7,11H,2-3,6H2,1H3,(H,15,16,18). The highest BCUT2D eigenvalue weighted by molar-refractivity contribution is 5.81. The van der Waals surface area contributed by atoms with Crippen LogP contribution in [0.3, 0.4) is 0 Å². The lowest BCUT2D eigenvalue weighted by Crippen LogP contribution is -2.23. The summed E-state index contributed by atoms with van der Waals surface area (Å²) in [4.78, 5) is 20.4. The number of aromatic amines is 1. The van der Waals surface area contributed by atoms with Crippen molar-refractivity contribution >= 4 is 10.9 Å². The molecule has 94 valence electrons. The SMILES string of the molecule is CN1CCCC1c1[nH]c(=O)nc2ccc(F)cc12. The molecule has 18 heavy (non-hydrogen) atoms. The van der Waals surface area contributed by atoms with Crippen molar-refractivity contribution in [3.8, 4) is 0 Å². The van der Waals surface area contributed by atoms with Crippen LogP contribution in [0.25, 0.3) is 10.9 Å². The zero-order chi connectivity index (χ0) is 12.7. The predicted molar refractivity (Wildman–Crippen MR) is 66.9 cm³/mol. The molecular formula is C13H14FN3O. The van der Waals surface area contributed by atoms with E-state index in [2.05, 4.69) is 14.9 Å². The minimum atomic E-state index is -0.371. The smallest absolute Gasteiger partial charge is 0.308 e. The van der Waals surface area contributed by atoms with Gasteiger partial charge in [0.25, 0.3) is 0 Å². The van der Waals surface area contributed by atoms with Gasteiger partial charge in [-0.1, -0.05) is 0 Å². The van der Waals surface area contributed by atoms with Crippen molar-refractivity contribution in [1.82, 2.24) is 14.9 Å². The van der Waals surface area contributed by atoms with Crippen LogP contribution < -0.4 is 5.69 Å². The average Bonchev–Trinajstić information content (AvgIpc) is 2.75. The van der Waals surface area contributed by atoms with Gasteiger partial charge in [0.2, 0.25) is 0 Å². The van der Waals surface area contributed by atoms with Crippen molar-refractivity contribution in [2.24, 2.45) is 0 Å². The molecule has 0 bridgehead atoms. The summed E-state index contributed by atoms with van der Waals surface area (Å²) in [5.41, 5.74) is 0.962. The van der Waals surface area contributed by atoms with Crippen LogP contribution in [0.15, 0.2) is 23.0 Å². The molecule has 1 fully saturated rings. The lowest BCUT2D eigenvalue weighted by Gasteiger charge is -2.20. The van der Waals surface area contributed by atoms with E-state index in [1.165, 1.54) is 12.1 Å². The van der Waals surface area contributed by atoms with Crippen LogP contribution >= 0.6 is 0 Å². The maximum Gasteiger partial charge on any atom is 0.345 e. The van der Waals surface area contributed by atoms with E-state index in [4.69, 9.17) is 0 Å². The van der Waals surface area contributed by atoms with Crippen LogP contribution in [0.1, 0.15) is 24.6 Å². The van der Waals surface area contributed by atoms with Crippen LogP contribution in [0.4, 0.5) is 4.39 Å². The summed E-state index contributed by atoms with van der Waals surface area (Å²) in [6, 6.07) is 4.47. The minimum absolute atomic E-state index is 0.144. The van der Waals surface area contributed by atoms with Crippen LogP contribution in [-0.4, -0.2) is 28.5 Å². The number of fused-ring (bicyclic) bond motifs is 1. The number of aromatic nitrogens is 2. The lowest BCUT2D eigenvalue weighted by atomic mass is 10.1. The van der Waals surface area contributed by atoms with Gasteiger partial charge in [0, 0.05) is 11.1 Å². The van der Waals surface area contributed by atoms with Gasteiger partial charge in [0.1, 0.15) is 5.82 Å². The van der Waals surface area contributed by atoms with E-state index >= 15 is 0 Å². The second kappa shape index (κ2) is 4.17. The Bertz CT molecular complexity index is 652. The zero-order valence-electron chi connectivity index (χ0n) is 10.1. The monoisotopic (exact) mass is 247 g/mol. The number of hydrogen-bond acceptors (Lipinski definition) is 3. The largest absolute Gasteiger partial charge is 0.345 e. The van der Waals surface area contributed by atoms with Gasteiger partial charge in [-0.05, 0) is 44.6 Å². The Balaban J connectivity index is 2.26. The number of halogens is 1. The highest BCUT2D eigenvalue weighted by Gasteiger charge is 2.25. The molecule has 2 heterocycles. The number of nitrogens with zero attached hydrogens (tertiary/aromatic N) is 2. The molecule has 0 amide bonds. The molecule has 1 aromatic carbocycles. The van der Waals surface area contributed by atoms with Crippen LogP contribution in [0.2, 0.25) is 0 Å². The second-order valence-electron chi connectivity index (χ2n) is 4.76. The molecule has 1 unspecified atom stereocenters. The van der Waals surface area contributed by atoms with E-state index in [-0.39, 0.29) is 17.5 Å². The Morgan fingerprint density at radius 2 is 2.33 bits per heavy atom. The maximum atomic E-state index is 13.4. The molecule has 0 saturated carbocycles. The normalized spacial score (nSPS) is 20.7. The van der Waals surface area contributed by atoms with Crippen LogP contribution in [0.5, 0.6) is 0 Å². The maximum absolute atomic E-state index is 13.4. The molecule has 5 heteroatoms. The fourth-order valence-corrected chi connectivity index (χ4v) is 2.68. The van der Waals surface area contributed by atoms with Gasteiger partial charge in [0.15, 0.2) is 0 Å². The first-order valence-corrected chi connectivity index (χ1v) is 6.05. The highest BCUT2D eigenvalue weighted by Crippen LogP contribution is 2.32. The Hall–Kier alpha value is -1.75. The first kappa shape index (κ1) is 11.3. The molecule has 2 aromatic rings. The van der Waals surface area contributed by atoms with Gasteiger partial charge in [-0.2, -0.15) is 4.98 Å². The number of benzene rings is 1. The Morgan fingerprint density at radius 3 is 3.06 bits per heavy atom. The molecule has 1 saturated heterocycles. The van der Waals surface area contributed by atoms with Gasteiger partial charge in [-0.3, -0.25) is 4.90 Å². The van der Waals surface area contributed by atoms with Crippen molar-refractivity contribution in [1.29, 1.82) is 0 Å². The van der Waals surface area contributed by atoms with E-state index in [9.17, 15) is 9.18 Å². The average molecular weight is 247 g/mol. The van der Waals surface area contributed by atoms with Gasteiger partial charge in [0.05, 0.1) is 11.6 Å². The number of H-pyrrole nitrogens is 1. The molecule has 1 atom stereocenters. The molecule has 4 nitrogen and oxygen atoms in total. The summed E-state index contributed by atoms with van der Waals surface area (Å²) < 4.78 is 13.4. The van der Waals surface area contributed by atoms with E-state index in [1.807, 2.05) is 7.05 Å². The summed E-state index contributed by atoms with van der Waals surface area (Å²) in [7, 11) is 2.02. The second-order valence-corrected chi connectivity index (χ2v) is 4.76. The van der Waals surface area contributed by atoms with E-state index in [1.54, 1.807) is 6.07 Å². The summed E-state index contributed by atoms with van der Waals surface area (Å²) in [6.07, 6.45) is 2.06. The molecule has 3 rings (SSSR count). The third-order valence-corrected chi connectivity index (χ3v) is 3.57.